The summed E-state index contributed by atoms with van der Waals surface area (Å²) in [6.07, 6.45) is 4.52. The van der Waals surface area contributed by atoms with Gasteiger partial charge in [0, 0.05) is 36.6 Å². The van der Waals surface area contributed by atoms with Gasteiger partial charge in [-0.3, -0.25) is 4.79 Å². The van der Waals surface area contributed by atoms with Gasteiger partial charge in [0.2, 0.25) is 0 Å². The number of rotatable bonds is 8. The second-order valence-electron chi connectivity index (χ2n) is 8.02. The van der Waals surface area contributed by atoms with Crippen LogP contribution in [-0.2, 0) is 13.0 Å². The monoisotopic (exact) mass is 554 g/mol. The predicted octanol–water partition coefficient (Wildman–Crippen LogP) is 4.93. The molecule has 0 saturated carbocycles. The van der Waals surface area contributed by atoms with Crippen molar-refractivity contribution in [2.24, 2.45) is 10.9 Å². The van der Waals surface area contributed by atoms with Gasteiger partial charge in [-0.1, -0.05) is 25.1 Å². The van der Waals surface area contributed by atoms with E-state index in [2.05, 4.69) is 42.0 Å². The molecule has 2 heterocycles. The molecule has 1 atom stereocenters. The van der Waals surface area contributed by atoms with Crippen LogP contribution in [0.1, 0.15) is 53.9 Å². The molecule has 7 heteroatoms. The lowest BCUT2D eigenvalue weighted by molar-refractivity contribution is 0.0724. The van der Waals surface area contributed by atoms with Crippen molar-refractivity contribution >= 4 is 47.2 Å². The van der Waals surface area contributed by atoms with E-state index >= 15 is 0 Å². The molecule has 0 spiro atoms. The highest BCUT2D eigenvalue weighted by Gasteiger charge is 2.18. The van der Waals surface area contributed by atoms with Gasteiger partial charge in [0.15, 0.2) is 5.96 Å². The number of carbonyl (C=O) groups excluding carboxylic acids is 1. The van der Waals surface area contributed by atoms with Crippen molar-refractivity contribution in [3.8, 4) is 0 Å². The van der Waals surface area contributed by atoms with Gasteiger partial charge < -0.3 is 15.5 Å². The van der Waals surface area contributed by atoms with Crippen molar-refractivity contribution in [3.63, 3.8) is 0 Å². The summed E-state index contributed by atoms with van der Waals surface area (Å²) in [4.78, 5) is 20.9. The van der Waals surface area contributed by atoms with Crippen molar-refractivity contribution in [2.45, 2.75) is 46.1 Å². The van der Waals surface area contributed by atoms with Crippen LogP contribution < -0.4 is 10.6 Å². The summed E-state index contributed by atoms with van der Waals surface area (Å²) < 4.78 is 0. The quantitative estimate of drug-likeness (QED) is 0.277. The Morgan fingerprint density at radius 1 is 1.16 bits per heavy atom. The van der Waals surface area contributed by atoms with Crippen LogP contribution >= 0.6 is 35.3 Å². The number of benzene rings is 1. The third kappa shape index (κ3) is 8.44. The lowest BCUT2D eigenvalue weighted by Crippen LogP contribution is -2.39. The first-order valence-corrected chi connectivity index (χ1v) is 12.0. The van der Waals surface area contributed by atoms with Crippen LogP contribution in [0.15, 0.2) is 46.8 Å². The highest BCUT2D eigenvalue weighted by atomic mass is 127. The van der Waals surface area contributed by atoms with Crippen molar-refractivity contribution < 1.29 is 4.79 Å². The Hall–Kier alpha value is -1.61. The molecule has 1 aliphatic rings. The van der Waals surface area contributed by atoms with Crippen LogP contribution in [0.25, 0.3) is 0 Å². The number of hydrogen-bond donors (Lipinski definition) is 2. The molecule has 1 aromatic carbocycles. The number of piperidine rings is 1. The third-order valence-corrected chi connectivity index (χ3v) is 6.23. The second-order valence-corrected chi connectivity index (χ2v) is 9.05. The molecule has 5 nitrogen and oxygen atoms in total. The summed E-state index contributed by atoms with van der Waals surface area (Å²) in [5.74, 6) is 1.49. The Kier molecular flexibility index (Phi) is 11.4. The lowest BCUT2D eigenvalue weighted by Gasteiger charge is -2.26. The number of halogens is 1. The first kappa shape index (κ1) is 25.6. The van der Waals surface area contributed by atoms with Gasteiger partial charge in [-0.05, 0) is 67.7 Å². The zero-order chi connectivity index (χ0) is 21.2. The van der Waals surface area contributed by atoms with Crippen LogP contribution in [0, 0.1) is 5.92 Å². The van der Waals surface area contributed by atoms with Crippen LogP contribution in [0.4, 0.5) is 0 Å². The van der Waals surface area contributed by atoms with E-state index in [1.165, 1.54) is 11.3 Å². The number of likely N-dealkylation sites (tertiary alicyclic amines) is 1. The number of amides is 1. The Morgan fingerprint density at radius 3 is 2.68 bits per heavy atom. The minimum Gasteiger partial charge on any atom is -0.357 e. The molecule has 3 rings (SSSR count). The predicted molar refractivity (Wildman–Crippen MR) is 142 cm³/mol. The number of hydrogen-bond acceptors (Lipinski definition) is 3. The smallest absolute Gasteiger partial charge is 0.253 e. The Labute approximate surface area is 207 Å². The van der Waals surface area contributed by atoms with E-state index in [4.69, 9.17) is 4.99 Å². The average Bonchev–Trinajstić information content (AvgIpc) is 3.29. The van der Waals surface area contributed by atoms with Gasteiger partial charge in [-0.2, -0.15) is 0 Å². The van der Waals surface area contributed by atoms with Crippen molar-refractivity contribution in [3.05, 3.63) is 57.8 Å². The maximum absolute atomic E-state index is 12.8. The van der Waals surface area contributed by atoms with Crippen molar-refractivity contribution in [2.75, 3.05) is 26.2 Å². The highest BCUT2D eigenvalue weighted by molar-refractivity contribution is 14.0. The van der Waals surface area contributed by atoms with Gasteiger partial charge in [-0.25, -0.2) is 4.99 Å². The Balaban J connectivity index is 0.00000341. The van der Waals surface area contributed by atoms with Crippen LogP contribution in [0.2, 0.25) is 0 Å². The van der Waals surface area contributed by atoms with Gasteiger partial charge in [0.05, 0.1) is 6.54 Å². The number of carbonyl (C=O) groups is 1. The van der Waals surface area contributed by atoms with E-state index in [9.17, 15) is 4.79 Å². The van der Waals surface area contributed by atoms with Gasteiger partial charge in [0.1, 0.15) is 0 Å². The van der Waals surface area contributed by atoms with Gasteiger partial charge in [0.25, 0.3) is 5.91 Å². The highest BCUT2D eigenvalue weighted by Crippen LogP contribution is 2.15. The molecule has 1 saturated heterocycles. The maximum Gasteiger partial charge on any atom is 0.253 e. The molecule has 2 N–H and O–H groups in total. The minimum atomic E-state index is 0. The molecule has 170 valence electrons. The number of nitrogens with zero attached hydrogens (tertiary/aromatic N) is 2. The molecular formula is C24H35IN4OS. The maximum atomic E-state index is 12.8. The normalized spacial score (nSPS) is 15.2. The molecule has 1 aliphatic heterocycles. The van der Waals surface area contributed by atoms with Gasteiger partial charge >= 0.3 is 0 Å². The summed E-state index contributed by atoms with van der Waals surface area (Å²) in [5.41, 5.74) is 1.83. The fraction of sp³-hybridized carbons (Fsp3) is 0.500. The number of aliphatic imine (C=N–C) groups is 1. The zero-order valence-electron chi connectivity index (χ0n) is 18.6. The molecule has 1 unspecified atom stereocenters. The standard InChI is InChI=1S/C24H34N4OS.HI/c1-3-25-24(26-17-19(2)15-22-11-8-14-30-22)27-18-20-9-7-10-21(16-20)23(29)28-12-5-4-6-13-28;/h7-11,14,16,19H,3-6,12-13,15,17-18H2,1-2H3,(H2,25,26,27);1H. The van der Waals surface area contributed by atoms with Crippen molar-refractivity contribution in [1.29, 1.82) is 0 Å². The minimum absolute atomic E-state index is 0. The number of thiophene rings is 1. The summed E-state index contributed by atoms with van der Waals surface area (Å²) in [6.45, 7) is 8.32. The molecule has 0 aliphatic carbocycles. The topological polar surface area (TPSA) is 56.7 Å². The zero-order valence-corrected chi connectivity index (χ0v) is 21.7. The average molecular weight is 555 g/mol. The molecule has 2 aromatic rings. The third-order valence-electron chi connectivity index (χ3n) is 5.33. The lowest BCUT2D eigenvalue weighted by atomic mass is 10.1. The summed E-state index contributed by atoms with van der Waals surface area (Å²) >= 11 is 1.81. The molecule has 1 amide bonds. The second kappa shape index (κ2) is 13.7. The number of nitrogens with one attached hydrogen (secondary N) is 2. The Bertz CT molecular complexity index is 819. The number of guanidine groups is 1. The first-order valence-electron chi connectivity index (χ1n) is 11.1. The van der Waals surface area contributed by atoms with Gasteiger partial charge in [-0.15, -0.1) is 35.3 Å². The molecular weight excluding hydrogens is 519 g/mol. The van der Waals surface area contributed by atoms with Crippen LogP contribution in [0.3, 0.4) is 0 Å². The SMILES string of the molecule is CCNC(=NCc1cccc(C(=O)N2CCCCC2)c1)NCC(C)Cc1cccs1.I. The summed E-state index contributed by atoms with van der Waals surface area (Å²) in [7, 11) is 0. The molecule has 1 fully saturated rings. The molecule has 1 aromatic heterocycles. The first-order chi connectivity index (χ1) is 14.7. The molecule has 0 bridgehead atoms. The van der Waals surface area contributed by atoms with Crippen molar-refractivity contribution in [1.82, 2.24) is 15.5 Å². The summed E-state index contributed by atoms with van der Waals surface area (Å²) in [6, 6.07) is 12.2. The van der Waals surface area contributed by atoms with E-state index in [-0.39, 0.29) is 29.9 Å². The van der Waals surface area contributed by atoms with E-state index in [1.807, 2.05) is 40.5 Å². The Morgan fingerprint density at radius 2 is 1.97 bits per heavy atom. The summed E-state index contributed by atoms with van der Waals surface area (Å²) in [5, 5.41) is 8.91. The van der Waals surface area contributed by atoms with E-state index in [0.29, 0.717) is 12.5 Å². The van der Waals surface area contributed by atoms with E-state index in [1.54, 1.807) is 0 Å². The molecule has 31 heavy (non-hydrogen) atoms. The van der Waals surface area contributed by atoms with E-state index in [0.717, 1.165) is 62.5 Å². The fourth-order valence-electron chi connectivity index (χ4n) is 3.71. The molecule has 0 radical (unpaired) electrons. The van der Waals surface area contributed by atoms with Crippen LogP contribution in [0.5, 0.6) is 0 Å². The van der Waals surface area contributed by atoms with E-state index < -0.39 is 0 Å². The van der Waals surface area contributed by atoms with Crippen LogP contribution in [-0.4, -0.2) is 42.9 Å². The fourth-order valence-corrected chi connectivity index (χ4v) is 4.58. The largest absolute Gasteiger partial charge is 0.357 e.